The van der Waals surface area contributed by atoms with E-state index in [2.05, 4.69) is 54.6 Å². The van der Waals surface area contributed by atoms with Crippen molar-refractivity contribution in [3.8, 4) is 0 Å². The molecule has 0 aliphatic heterocycles. The molecule has 90 valence electrons. The average molecular weight is 235 g/mol. The molecule has 0 heterocycles. The Labute approximate surface area is 107 Å². The maximum atomic E-state index is 5.63. The van der Waals surface area contributed by atoms with Gasteiger partial charge in [0.25, 0.3) is 0 Å². The summed E-state index contributed by atoms with van der Waals surface area (Å²) in [7, 11) is 0. The fourth-order valence-corrected chi connectivity index (χ4v) is 2.63. The third-order valence-electron chi connectivity index (χ3n) is 3.50. The standard InChI is InChI=1S/C17H17N/c18-11-5-7-14-12-13-6-1-2-8-15(13)17-10-4-3-9-16(14)17/h1-4,6,8-10,12H,5,7,11,18H2. The largest absolute Gasteiger partial charge is 0.330 e. The van der Waals surface area contributed by atoms with E-state index < -0.39 is 0 Å². The van der Waals surface area contributed by atoms with Gasteiger partial charge in [0.1, 0.15) is 0 Å². The molecule has 0 saturated heterocycles. The normalized spacial score (nSPS) is 11.2. The smallest absolute Gasteiger partial charge is 0.00741 e. The van der Waals surface area contributed by atoms with E-state index in [1.807, 2.05) is 0 Å². The Hall–Kier alpha value is -1.86. The van der Waals surface area contributed by atoms with Gasteiger partial charge >= 0.3 is 0 Å². The third-order valence-corrected chi connectivity index (χ3v) is 3.50. The molecule has 1 heteroatoms. The maximum Gasteiger partial charge on any atom is -0.00741 e. The zero-order valence-electron chi connectivity index (χ0n) is 10.4. The van der Waals surface area contributed by atoms with Crippen LogP contribution < -0.4 is 5.73 Å². The predicted molar refractivity (Wildman–Crippen MR) is 78.8 cm³/mol. The van der Waals surface area contributed by atoms with Crippen LogP contribution in [0.3, 0.4) is 0 Å². The van der Waals surface area contributed by atoms with Gasteiger partial charge < -0.3 is 5.73 Å². The SMILES string of the molecule is NCCCc1cc2ccccc2c2ccccc12. The molecule has 0 fully saturated rings. The molecule has 0 saturated carbocycles. The van der Waals surface area contributed by atoms with Crippen LogP contribution >= 0.6 is 0 Å². The van der Waals surface area contributed by atoms with E-state index in [1.54, 1.807) is 0 Å². The highest BCUT2D eigenvalue weighted by Crippen LogP contribution is 2.29. The Bertz CT molecular complexity index is 685. The van der Waals surface area contributed by atoms with Gasteiger partial charge in [0, 0.05) is 0 Å². The topological polar surface area (TPSA) is 26.0 Å². The van der Waals surface area contributed by atoms with E-state index in [0.717, 1.165) is 19.4 Å². The molecule has 3 rings (SSSR count). The highest BCUT2D eigenvalue weighted by molar-refractivity contribution is 6.08. The zero-order chi connectivity index (χ0) is 12.4. The van der Waals surface area contributed by atoms with E-state index in [0.29, 0.717) is 0 Å². The summed E-state index contributed by atoms with van der Waals surface area (Å²) in [6, 6.07) is 19.6. The van der Waals surface area contributed by atoms with Crippen molar-refractivity contribution in [3.05, 3.63) is 60.2 Å². The van der Waals surface area contributed by atoms with Crippen LogP contribution in [-0.2, 0) is 6.42 Å². The Morgan fingerprint density at radius 2 is 1.44 bits per heavy atom. The molecule has 0 radical (unpaired) electrons. The molecule has 0 aliphatic carbocycles. The number of hydrogen-bond acceptors (Lipinski definition) is 1. The van der Waals surface area contributed by atoms with E-state index in [-0.39, 0.29) is 0 Å². The number of nitrogens with two attached hydrogens (primary N) is 1. The van der Waals surface area contributed by atoms with Gasteiger partial charge in [0.15, 0.2) is 0 Å². The first kappa shape index (κ1) is 11.2. The first-order valence-electron chi connectivity index (χ1n) is 6.49. The van der Waals surface area contributed by atoms with Crippen LogP contribution in [0, 0.1) is 0 Å². The Balaban J connectivity index is 2.32. The fourth-order valence-electron chi connectivity index (χ4n) is 2.63. The van der Waals surface area contributed by atoms with Crippen molar-refractivity contribution in [2.75, 3.05) is 6.54 Å². The van der Waals surface area contributed by atoms with Crippen molar-refractivity contribution in [2.45, 2.75) is 12.8 Å². The average Bonchev–Trinajstić information content (AvgIpc) is 2.45. The summed E-state index contributed by atoms with van der Waals surface area (Å²) < 4.78 is 0. The number of rotatable bonds is 3. The van der Waals surface area contributed by atoms with Gasteiger partial charge in [0.2, 0.25) is 0 Å². The lowest BCUT2D eigenvalue weighted by atomic mass is 9.95. The lowest BCUT2D eigenvalue weighted by Crippen LogP contribution is -2.00. The fraction of sp³-hybridized carbons (Fsp3) is 0.176. The first-order valence-corrected chi connectivity index (χ1v) is 6.49. The van der Waals surface area contributed by atoms with Crippen LogP contribution in [-0.4, -0.2) is 6.54 Å². The second-order valence-corrected chi connectivity index (χ2v) is 4.69. The Kier molecular flexibility index (Phi) is 2.99. The minimum Gasteiger partial charge on any atom is -0.330 e. The molecule has 0 aliphatic rings. The maximum absolute atomic E-state index is 5.63. The second-order valence-electron chi connectivity index (χ2n) is 4.69. The number of fused-ring (bicyclic) bond motifs is 3. The van der Waals surface area contributed by atoms with Gasteiger partial charge in [-0.05, 0) is 46.5 Å². The summed E-state index contributed by atoms with van der Waals surface area (Å²) in [5.41, 5.74) is 7.04. The molecule has 0 amide bonds. The quantitative estimate of drug-likeness (QED) is 0.685. The Morgan fingerprint density at radius 3 is 2.22 bits per heavy atom. The molecule has 0 aromatic heterocycles. The number of hydrogen-bond donors (Lipinski definition) is 1. The number of aryl methyl sites for hydroxylation is 1. The molecular weight excluding hydrogens is 218 g/mol. The summed E-state index contributed by atoms with van der Waals surface area (Å²) in [6.45, 7) is 0.751. The van der Waals surface area contributed by atoms with Gasteiger partial charge in [-0.2, -0.15) is 0 Å². The molecule has 1 nitrogen and oxygen atoms in total. The van der Waals surface area contributed by atoms with Gasteiger partial charge in [-0.1, -0.05) is 54.6 Å². The third kappa shape index (κ3) is 1.87. The van der Waals surface area contributed by atoms with Gasteiger partial charge in [-0.15, -0.1) is 0 Å². The van der Waals surface area contributed by atoms with Crippen LogP contribution in [0.15, 0.2) is 54.6 Å². The first-order chi connectivity index (χ1) is 8.90. The van der Waals surface area contributed by atoms with Crippen molar-refractivity contribution in [1.29, 1.82) is 0 Å². The summed E-state index contributed by atoms with van der Waals surface area (Å²) in [5, 5.41) is 5.38. The molecule has 18 heavy (non-hydrogen) atoms. The molecule has 3 aromatic carbocycles. The van der Waals surface area contributed by atoms with Gasteiger partial charge in [0.05, 0.1) is 0 Å². The van der Waals surface area contributed by atoms with Crippen molar-refractivity contribution >= 4 is 21.5 Å². The monoisotopic (exact) mass is 235 g/mol. The van der Waals surface area contributed by atoms with Crippen LogP contribution in [0.5, 0.6) is 0 Å². The second kappa shape index (κ2) is 4.79. The van der Waals surface area contributed by atoms with Gasteiger partial charge in [-0.25, -0.2) is 0 Å². The van der Waals surface area contributed by atoms with Crippen LogP contribution in [0.25, 0.3) is 21.5 Å². The lowest BCUT2D eigenvalue weighted by molar-refractivity contribution is 0.838. The van der Waals surface area contributed by atoms with Crippen molar-refractivity contribution in [2.24, 2.45) is 5.73 Å². The van der Waals surface area contributed by atoms with E-state index in [9.17, 15) is 0 Å². The molecule has 0 unspecified atom stereocenters. The summed E-state index contributed by atoms with van der Waals surface area (Å²) in [4.78, 5) is 0. The molecule has 0 atom stereocenters. The highest BCUT2D eigenvalue weighted by atomic mass is 14.5. The molecule has 2 N–H and O–H groups in total. The summed E-state index contributed by atoms with van der Waals surface area (Å²) in [5.74, 6) is 0. The van der Waals surface area contributed by atoms with E-state index in [1.165, 1.54) is 27.1 Å². The summed E-state index contributed by atoms with van der Waals surface area (Å²) >= 11 is 0. The number of benzene rings is 3. The minimum atomic E-state index is 0.751. The molecule has 0 bridgehead atoms. The van der Waals surface area contributed by atoms with E-state index in [4.69, 9.17) is 5.73 Å². The van der Waals surface area contributed by atoms with Crippen molar-refractivity contribution in [1.82, 2.24) is 0 Å². The van der Waals surface area contributed by atoms with Crippen molar-refractivity contribution in [3.63, 3.8) is 0 Å². The minimum absolute atomic E-state index is 0.751. The molecule has 0 spiro atoms. The lowest BCUT2D eigenvalue weighted by Gasteiger charge is -2.10. The summed E-state index contributed by atoms with van der Waals surface area (Å²) in [6.07, 6.45) is 2.10. The zero-order valence-corrected chi connectivity index (χ0v) is 10.4. The highest BCUT2D eigenvalue weighted by Gasteiger charge is 2.05. The molecular formula is C17H17N. The predicted octanol–water partition coefficient (Wildman–Crippen LogP) is 3.88. The van der Waals surface area contributed by atoms with Crippen molar-refractivity contribution < 1.29 is 0 Å². The van der Waals surface area contributed by atoms with Crippen LogP contribution in [0.1, 0.15) is 12.0 Å². The molecule has 3 aromatic rings. The van der Waals surface area contributed by atoms with Crippen LogP contribution in [0.2, 0.25) is 0 Å². The van der Waals surface area contributed by atoms with Gasteiger partial charge in [-0.3, -0.25) is 0 Å². The van der Waals surface area contributed by atoms with Crippen LogP contribution in [0.4, 0.5) is 0 Å². The van der Waals surface area contributed by atoms with E-state index >= 15 is 0 Å². The Morgan fingerprint density at radius 1 is 0.778 bits per heavy atom.